The van der Waals surface area contributed by atoms with Gasteiger partial charge in [0.2, 0.25) is 5.95 Å². The van der Waals surface area contributed by atoms with Crippen LogP contribution < -0.4 is 10.6 Å². The molecule has 0 bridgehead atoms. The molecular formula is C23H26N6O2. The van der Waals surface area contributed by atoms with Gasteiger partial charge in [-0.2, -0.15) is 4.98 Å². The van der Waals surface area contributed by atoms with Crippen LogP contribution in [0.2, 0.25) is 0 Å². The molecule has 0 spiro atoms. The molecule has 0 unspecified atom stereocenters. The molecule has 1 saturated heterocycles. The predicted molar refractivity (Wildman–Crippen MR) is 119 cm³/mol. The van der Waals surface area contributed by atoms with Gasteiger partial charge in [-0.15, -0.1) is 0 Å². The van der Waals surface area contributed by atoms with Gasteiger partial charge >= 0.3 is 0 Å². The maximum absolute atomic E-state index is 13.1. The van der Waals surface area contributed by atoms with Gasteiger partial charge in [0.25, 0.3) is 11.8 Å². The highest BCUT2D eigenvalue weighted by atomic mass is 16.2. The number of carbonyl (C=O) groups excluding carboxylic acids is 2. The summed E-state index contributed by atoms with van der Waals surface area (Å²) in [6.07, 6.45) is 7.34. The van der Waals surface area contributed by atoms with Crippen LogP contribution in [0.4, 0.5) is 11.6 Å². The monoisotopic (exact) mass is 418 g/mol. The summed E-state index contributed by atoms with van der Waals surface area (Å²) in [5.41, 5.74) is 2.91. The fourth-order valence-corrected chi connectivity index (χ4v) is 4.42. The molecule has 1 aromatic carbocycles. The van der Waals surface area contributed by atoms with E-state index in [4.69, 9.17) is 4.98 Å². The maximum Gasteiger partial charge on any atom is 0.270 e. The van der Waals surface area contributed by atoms with E-state index in [1.165, 1.54) is 12.8 Å². The van der Waals surface area contributed by atoms with E-state index in [-0.39, 0.29) is 11.8 Å². The number of nitrogens with one attached hydrogen (secondary N) is 2. The molecule has 0 atom stereocenters. The molecule has 1 saturated carbocycles. The van der Waals surface area contributed by atoms with E-state index < -0.39 is 0 Å². The molecule has 2 fully saturated rings. The average molecular weight is 419 g/mol. The Bertz CT molecular complexity index is 1130. The van der Waals surface area contributed by atoms with Crippen molar-refractivity contribution < 1.29 is 9.59 Å². The summed E-state index contributed by atoms with van der Waals surface area (Å²) in [6, 6.07) is 9.40. The molecule has 1 aliphatic heterocycles. The Morgan fingerprint density at radius 2 is 1.81 bits per heavy atom. The first-order chi connectivity index (χ1) is 15.1. The third kappa shape index (κ3) is 3.62. The summed E-state index contributed by atoms with van der Waals surface area (Å²) >= 11 is 0. The van der Waals surface area contributed by atoms with Gasteiger partial charge in [-0.25, -0.2) is 4.98 Å². The Morgan fingerprint density at radius 3 is 2.45 bits per heavy atom. The summed E-state index contributed by atoms with van der Waals surface area (Å²) in [5.74, 6) is 0.439. The summed E-state index contributed by atoms with van der Waals surface area (Å²) in [5, 5.41) is 6.72. The highest BCUT2D eigenvalue weighted by molar-refractivity contribution is 5.98. The SMILES string of the molecule is CNC(=O)c1ccc(Nc2ncc3cc(C(=O)N4CCC4)n(C4CCCC4)c3n2)cc1. The zero-order chi connectivity index (χ0) is 21.4. The summed E-state index contributed by atoms with van der Waals surface area (Å²) in [6.45, 7) is 1.66. The van der Waals surface area contributed by atoms with Crippen LogP contribution in [0, 0.1) is 0 Å². The lowest BCUT2D eigenvalue weighted by Gasteiger charge is -2.31. The Labute approximate surface area is 180 Å². The van der Waals surface area contributed by atoms with Gasteiger partial charge < -0.3 is 20.1 Å². The van der Waals surface area contributed by atoms with Gasteiger partial charge in [0.1, 0.15) is 11.3 Å². The van der Waals surface area contributed by atoms with Crippen LogP contribution in [0.5, 0.6) is 0 Å². The minimum absolute atomic E-state index is 0.0930. The highest BCUT2D eigenvalue weighted by Gasteiger charge is 2.30. The standard InChI is InChI=1S/C23H26N6O2/c1-24-21(30)15-7-9-17(10-8-15)26-23-25-14-16-13-19(22(31)28-11-4-12-28)29(20(16)27-23)18-5-2-3-6-18/h7-10,13-14,18H,2-6,11-12H2,1H3,(H,24,30)(H,25,26,27). The minimum Gasteiger partial charge on any atom is -0.355 e. The number of rotatable bonds is 5. The van der Waals surface area contributed by atoms with Crippen molar-refractivity contribution in [1.29, 1.82) is 0 Å². The van der Waals surface area contributed by atoms with Crippen molar-refractivity contribution in [3.05, 3.63) is 47.8 Å². The lowest BCUT2D eigenvalue weighted by Crippen LogP contribution is -2.43. The van der Waals surface area contributed by atoms with Crippen molar-refractivity contribution in [3.63, 3.8) is 0 Å². The fourth-order valence-electron chi connectivity index (χ4n) is 4.42. The summed E-state index contributed by atoms with van der Waals surface area (Å²) < 4.78 is 2.14. The molecule has 2 aromatic heterocycles. The van der Waals surface area contributed by atoms with Gasteiger partial charge in [0.15, 0.2) is 0 Å². The topological polar surface area (TPSA) is 92.1 Å². The van der Waals surface area contributed by atoms with Crippen LogP contribution in [0.25, 0.3) is 11.0 Å². The largest absolute Gasteiger partial charge is 0.355 e. The van der Waals surface area contributed by atoms with E-state index >= 15 is 0 Å². The van der Waals surface area contributed by atoms with Crippen molar-refractivity contribution in [2.75, 3.05) is 25.5 Å². The third-order valence-corrected chi connectivity index (χ3v) is 6.26. The zero-order valence-corrected chi connectivity index (χ0v) is 17.6. The molecule has 160 valence electrons. The Kier molecular flexibility index (Phi) is 5.05. The van der Waals surface area contributed by atoms with Crippen LogP contribution >= 0.6 is 0 Å². The second-order valence-electron chi connectivity index (χ2n) is 8.24. The number of nitrogens with zero attached hydrogens (tertiary/aromatic N) is 4. The van der Waals surface area contributed by atoms with Crippen molar-refractivity contribution in [2.45, 2.75) is 38.1 Å². The van der Waals surface area contributed by atoms with E-state index in [1.54, 1.807) is 25.4 Å². The van der Waals surface area contributed by atoms with E-state index in [1.807, 2.05) is 23.1 Å². The molecular weight excluding hydrogens is 392 g/mol. The maximum atomic E-state index is 13.1. The average Bonchev–Trinajstić information content (AvgIpc) is 3.39. The van der Waals surface area contributed by atoms with Crippen LogP contribution in [-0.2, 0) is 0 Å². The molecule has 3 aromatic rings. The number of amides is 2. The molecule has 5 rings (SSSR count). The molecule has 2 N–H and O–H groups in total. The quantitative estimate of drug-likeness (QED) is 0.662. The second kappa shape index (κ2) is 8.02. The van der Waals surface area contributed by atoms with Crippen molar-refractivity contribution >= 4 is 34.5 Å². The molecule has 31 heavy (non-hydrogen) atoms. The normalized spacial score (nSPS) is 16.4. The first-order valence-electron chi connectivity index (χ1n) is 10.9. The molecule has 1 aliphatic carbocycles. The molecule has 0 radical (unpaired) electrons. The predicted octanol–water partition coefficient (Wildman–Crippen LogP) is 3.50. The van der Waals surface area contributed by atoms with Crippen molar-refractivity contribution in [3.8, 4) is 0 Å². The van der Waals surface area contributed by atoms with Crippen LogP contribution in [0.3, 0.4) is 0 Å². The number of likely N-dealkylation sites (tertiary alicyclic amines) is 1. The van der Waals surface area contributed by atoms with Gasteiger partial charge in [-0.1, -0.05) is 12.8 Å². The van der Waals surface area contributed by atoms with Gasteiger partial charge in [0, 0.05) is 49.0 Å². The molecule has 2 amide bonds. The minimum atomic E-state index is -0.127. The Balaban J connectivity index is 1.48. The van der Waals surface area contributed by atoms with Crippen LogP contribution in [-0.4, -0.2) is 51.4 Å². The van der Waals surface area contributed by atoms with Crippen LogP contribution in [0.15, 0.2) is 36.5 Å². The number of hydrogen-bond acceptors (Lipinski definition) is 5. The fraction of sp³-hybridized carbons (Fsp3) is 0.391. The van der Waals surface area contributed by atoms with E-state index in [9.17, 15) is 9.59 Å². The number of fused-ring (bicyclic) bond motifs is 1. The molecule has 8 heteroatoms. The van der Waals surface area contributed by atoms with Gasteiger partial charge in [0.05, 0.1) is 0 Å². The number of aromatic nitrogens is 3. The first-order valence-corrected chi connectivity index (χ1v) is 10.9. The number of benzene rings is 1. The van der Waals surface area contributed by atoms with E-state index in [2.05, 4.69) is 20.2 Å². The third-order valence-electron chi connectivity index (χ3n) is 6.26. The second-order valence-corrected chi connectivity index (χ2v) is 8.24. The summed E-state index contributed by atoms with van der Waals surface area (Å²) in [7, 11) is 1.61. The van der Waals surface area contributed by atoms with Gasteiger partial charge in [-0.3, -0.25) is 9.59 Å². The molecule has 3 heterocycles. The van der Waals surface area contributed by atoms with E-state index in [0.29, 0.717) is 17.6 Å². The lowest BCUT2D eigenvalue weighted by atomic mass is 10.2. The zero-order valence-electron chi connectivity index (χ0n) is 17.6. The highest BCUT2D eigenvalue weighted by Crippen LogP contribution is 2.35. The van der Waals surface area contributed by atoms with Crippen LogP contribution in [0.1, 0.15) is 59.0 Å². The van der Waals surface area contributed by atoms with Gasteiger partial charge in [-0.05, 0) is 49.6 Å². The van der Waals surface area contributed by atoms with E-state index in [0.717, 1.165) is 54.8 Å². The lowest BCUT2D eigenvalue weighted by molar-refractivity contribution is 0.0638. The molecule has 2 aliphatic rings. The van der Waals surface area contributed by atoms with Crippen molar-refractivity contribution in [1.82, 2.24) is 24.8 Å². The Hall–Kier alpha value is -3.42. The summed E-state index contributed by atoms with van der Waals surface area (Å²) in [4.78, 5) is 35.9. The first kappa shape index (κ1) is 19.5. The molecule has 8 nitrogen and oxygen atoms in total. The number of hydrogen-bond donors (Lipinski definition) is 2. The smallest absolute Gasteiger partial charge is 0.270 e. The van der Waals surface area contributed by atoms with Crippen molar-refractivity contribution in [2.24, 2.45) is 0 Å². The number of anilines is 2. The Morgan fingerprint density at radius 1 is 1.06 bits per heavy atom. The number of carbonyl (C=O) groups is 2.